The summed E-state index contributed by atoms with van der Waals surface area (Å²) < 4.78 is 15.8. The summed E-state index contributed by atoms with van der Waals surface area (Å²) in [6.07, 6.45) is 7.69. The predicted molar refractivity (Wildman–Crippen MR) is 179 cm³/mol. The number of benzene rings is 2. The number of aliphatic hydroxyl groups is 1. The monoisotopic (exact) mass is 634 g/mol. The van der Waals surface area contributed by atoms with Crippen molar-refractivity contribution in [2.24, 2.45) is 16.5 Å². The molecule has 2 aromatic carbocycles. The maximum Gasteiger partial charge on any atom is 0.319 e. The molecule has 4 aromatic rings. The zero-order chi connectivity index (χ0) is 32.3. The van der Waals surface area contributed by atoms with Crippen LogP contribution in [0.3, 0.4) is 0 Å². The van der Waals surface area contributed by atoms with Gasteiger partial charge < -0.3 is 32.5 Å². The second kappa shape index (κ2) is 13.4. The zero-order valence-corrected chi connectivity index (χ0v) is 26.5. The molecule has 0 radical (unpaired) electrons. The molecule has 0 bridgehead atoms. The maximum atomic E-state index is 14.0. The number of aryl methyl sites for hydroxylation is 1. The molecule has 0 spiro atoms. The van der Waals surface area contributed by atoms with Gasteiger partial charge in [-0.2, -0.15) is 5.10 Å². The average Bonchev–Trinajstić information content (AvgIpc) is 3.40. The molecule has 8 N–H and O–H groups in total. The number of aliphatic imine (C=N–C) groups is 1. The van der Waals surface area contributed by atoms with Gasteiger partial charge in [0.15, 0.2) is 0 Å². The summed E-state index contributed by atoms with van der Waals surface area (Å²) >= 11 is 6.28. The molecule has 2 aromatic heterocycles. The van der Waals surface area contributed by atoms with E-state index in [0.29, 0.717) is 24.2 Å². The molecule has 0 aliphatic heterocycles. The molecule has 0 atom stereocenters. The van der Waals surface area contributed by atoms with E-state index in [0.717, 1.165) is 53.6 Å². The molecule has 5 rings (SSSR count). The number of anilines is 2. The molecular weight excluding hydrogens is 595 g/mol. The third-order valence-corrected chi connectivity index (χ3v) is 8.32. The second-order valence-electron chi connectivity index (χ2n) is 12.3. The number of nitrogens with two attached hydrogens (primary N) is 2. The van der Waals surface area contributed by atoms with Crippen molar-refractivity contribution in [1.82, 2.24) is 14.9 Å². The lowest BCUT2D eigenvalue weighted by Gasteiger charge is -2.28. The van der Waals surface area contributed by atoms with E-state index in [2.05, 4.69) is 26.0 Å². The van der Waals surface area contributed by atoms with Crippen LogP contribution >= 0.6 is 11.6 Å². The quantitative estimate of drug-likeness (QED) is 0.0965. The molecule has 238 valence electrons. The molecule has 12 heteroatoms. The Morgan fingerprint density at radius 3 is 2.64 bits per heavy atom. The van der Waals surface area contributed by atoms with Gasteiger partial charge in [0.1, 0.15) is 11.7 Å². The highest BCUT2D eigenvalue weighted by Gasteiger charge is 2.23. The average molecular weight is 635 g/mol. The Labute approximate surface area is 267 Å². The molecule has 0 saturated heterocycles. The number of nitrogens with one attached hydrogen (secondary N) is 3. The van der Waals surface area contributed by atoms with Crippen molar-refractivity contribution in [3.63, 3.8) is 0 Å². The molecular formula is C33H40ClFN8O2. The Morgan fingerprint density at radius 2 is 1.93 bits per heavy atom. The molecule has 1 saturated carbocycles. The van der Waals surface area contributed by atoms with E-state index in [-0.39, 0.29) is 34.7 Å². The Hall–Kier alpha value is -4.19. The first-order valence-electron chi connectivity index (χ1n) is 15.1. The number of urea groups is 1. The lowest BCUT2D eigenvalue weighted by molar-refractivity contribution is 0.0721. The topological polar surface area (TPSA) is 155 Å². The third-order valence-electron chi connectivity index (χ3n) is 8.00. The fourth-order valence-corrected chi connectivity index (χ4v) is 5.66. The number of carbonyl (C=O) groups is 1. The van der Waals surface area contributed by atoms with E-state index in [1.807, 2.05) is 37.4 Å². The normalized spacial score (nSPS) is 17.4. The van der Waals surface area contributed by atoms with Crippen molar-refractivity contribution in [3.8, 4) is 11.1 Å². The second-order valence-corrected chi connectivity index (χ2v) is 12.7. The first-order chi connectivity index (χ1) is 21.4. The van der Waals surface area contributed by atoms with Gasteiger partial charge in [-0.1, -0.05) is 17.7 Å². The SMILES string of the molecule is Cc1cc(NC(=O)NCCC(C)(C)O)ccc1-c1cc2c(N[C@H]3CC[C@H](N)CC3)c(C(N)=Nc3cc(F)ccc3Cl)cnn2c1. The van der Waals surface area contributed by atoms with Gasteiger partial charge in [-0.15, -0.1) is 0 Å². The van der Waals surface area contributed by atoms with Crippen LogP contribution in [0.1, 0.15) is 57.1 Å². The van der Waals surface area contributed by atoms with Crippen molar-refractivity contribution in [3.05, 3.63) is 76.8 Å². The summed E-state index contributed by atoms with van der Waals surface area (Å²) in [5, 5.41) is 24.1. The van der Waals surface area contributed by atoms with E-state index in [9.17, 15) is 14.3 Å². The molecule has 0 unspecified atom stereocenters. The molecule has 1 fully saturated rings. The fraction of sp³-hybridized carbons (Fsp3) is 0.364. The number of aromatic nitrogens is 2. The highest BCUT2D eigenvalue weighted by atomic mass is 35.5. The fourth-order valence-electron chi connectivity index (χ4n) is 5.50. The van der Waals surface area contributed by atoms with Gasteiger partial charge in [0.05, 0.1) is 39.3 Å². The van der Waals surface area contributed by atoms with Gasteiger partial charge in [-0.25, -0.2) is 18.7 Å². The zero-order valence-electron chi connectivity index (χ0n) is 25.7. The number of hydrogen-bond donors (Lipinski definition) is 6. The largest absolute Gasteiger partial charge is 0.390 e. The summed E-state index contributed by atoms with van der Waals surface area (Å²) in [5.41, 5.74) is 17.7. The molecule has 2 heterocycles. The Bertz CT molecular complexity index is 1720. The lowest BCUT2D eigenvalue weighted by Crippen LogP contribution is -2.33. The van der Waals surface area contributed by atoms with Crippen LogP contribution < -0.4 is 27.4 Å². The maximum absolute atomic E-state index is 14.0. The van der Waals surface area contributed by atoms with Crippen LogP contribution in [0.25, 0.3) is 16.6 Å². The number of fused-ring (bicyclic) bond motifs is 1. The highest BCUT2D eigenvalue weighted by molar-refractivity contribution is 6.33. The van der Waals surface area contributed by atoms with Crippen molar-refractivity contribution >= 4 is 46.0 Å². The Morgan fingerprint density at radius 1 is 1.18 bits per heavy atom. The van der Waals surface area contributed by atoms with Crippen LogP contribution in [0, 0.1) is 12.7 Å². The standard InChI is InChI=1S/C33H40ClFN8O2/c1-19-14-24(41-32(44)38-13-12-33(2,3)45)9-10-25(19)20-15-29-30(40-23-7-5-22(36)6-8-23)26(17-39-43(29)18-20)31(37)42-28-16-21(35)4-11-27(28)34/h4,9-11,14-18,22-23,40,45H,5-8,12-13,36H2,1-3H3,(H2,37,42)(H2,38,41,44)/t22-,23-. The third kappa shape index (κ3) is 8.10. The van der Waals surface area contributed by atoms with Crippen LogP contribution in [0.5, 0.6) is 0 Å². The van der Waals surface area contributed by atoms with Gasteiger partial charge in [-0.05, 0) is 94.3 Å². The van der Waals surface area contributed by atoms with E-state index < -0.39 is 11.4 Å². The van der Waals surface area contributed by atoms with Crippen LogP contribution in [0.4, 0.5) is 26.2 Å². The van der Waals surface area contributed by atoms with E-state index >= 15 is 0 Å². The smallest absolute Gasteiger partial charge is 0.319 e. The molecule has 10 nitrogen and oxygen atoms in total. The molecule has 1 aliphatic rings. The van der Waals surface area contributed by atoms with Gasteiger partial charge in [0, 0.05) is 42.1 Å². The van der Waals surface area contributed by atoms with E-state index in [4.69, 9.17) is 23.1 Å². The number of amides is 2. The van der Waals surface area contributed by atoms with E-state index in [1.165, 1.54) is 18.2 Å². The number of amidine groups is 1. The minimum absolute atomic E-state index is 0.155. The molecule has 45 heavy (non-hydrogen) atoms. The summed E-state index contributed by atoms with van der Waals surface area (Å²) in [6.45, 7) is 5.73. The molecule has 2 amide bonds. The predicted octanol–water partition coefficient (Wildman–Crippen LogP) is 6.10. The highest BCUT2D eigenvalue weighted by Crippen LogP contribution is 2.34. The number of halogens is 2. The Kier molecular flexibility index (Phi) is 9.62. The van der Waals surface area contributed by atoms with E-state index in [1.54, 1.807) is 24.6 Å². The Balaban J connectivity index is 1.46. The summed E-state index contributed by atoms with van der Waals surface area (Å²) in [5.74, 6) is -0.307. The molecule has 1 aliphatic carbocycles. The van der Waals surface area contributed by atoms with Crippen LogP contribution in [0.15, 0.2) is 59.9 Å². The van der Waals surface area contributed by atoms with Crippen molar-refractivity contribution < 1.29 is 14.3 Å². The van der Waals surface area contributed by atoms with Gasteiger partial charge in [0.2, 0.25) is 0 Å². The minimum Gasteiger partial charge on any atom is -0.390 e. The van der Waals surface area contributed by atoms with Crippen LogP contribution in [-0.4, -0.2) is 50.8 Å². The first-order valence-corrected chi connectivity index (χ1v) is 15.5. The summed E-state index contributed by atoms with van der Waals surface area (Å²) in [6, 6.07) is 11.7. The van der Waals surface area contributed by atoms with Gasteiger partial charge in [-0.3, -0.25) is 0 Å². The van der Waals surface area contributed by atoms with Gasteiger partial charge >= 0.3 is 6.03 Å². The first kappa shape index (κ1) is 32.2. The lowest BCUT2D eigenvalue weighted by atomic mass is 9.91. The summed E-state index contributed by atoms with van der Waals surface area (Å²) in [4.78, 5) is 16.8. The van der Waals surface area contributed by atoms with Crippen molar-refractivity contribution in [2.75, 3.05) is 17.2 Å². The number of hydrogen-bond acceptors (Lipinski definition) is 6. The number of nitrogens with zero attached hydrogens (tertiary/aromatic N) is 3. The summed E-state index contributed by atoms with van der Waals surface area (Å²) in [7, 11) is 0. The van der Waals surface area contributed by atoms with Crippen molar-refractivity contribution in [2.45, 2.75) is 70.6 Å². The van der Waals surface area contributed by atoms with Crippen LogP contribution in [-0.2, 0) is 0 Å². The number of carbonyl (C=O) groups excluding carboxylic acids is 1. The number of rotatable bonds is 9. The minimum atomic E-state index is -0.852. The van der Waals surface area contributed by atoms with Crippen molar-refractivity contribution in [1.29, 1.82) is 0 Å². The van der Waals surface area contributed by atoms with Crippen LogP contribution in [0.2, 0.25) is 5.02 Å². The van der Waals surface area contributed by atoms with Gasteiger partial charge in [0.25, 0.3) is 0 Å².